The first-order chi connectivity index (χ1) is 9.26. The van der Waals surface area contributed by atoms with Crippen LogP contribution >= 0.6 is 0 Å². The highest BCUT2D eigenvalue weighted by Gasteiger charge is 2.11. The largest absolute Gasteiger partial charge is 0.421 e. The van der Waals surface area contributed by atoms with Crippen molar-refractivity contribution in [2.75, 3.05) is 26.2 Å². The van der Waals surface area contributed by atoms with E-state index < -0.39 is 0 Å². The fourth-order valence-electron chi connectivity index (χ4n) is 2.13. The molecule has 2 heterocycles. The summed E-state index contributed by atoms with van der Waals surface area (Å²) in [5.41, 5.74) is 1.09. The Morgan fingerprint density at radius 3 is 3.00 bits per heavy atom. The fourth-order valence-corrected chi connectivity index (χ4v) is 2.13. The molecule has 0 radical (unpaired) electrons. The van der Waals surface area contributed by atoms with Gasteiger partial charge in [-0.15, -0.1) is 0 Å². The highest BCUT2D eigenvalue weighted by atomic mass is 16.4. The van der Waals surface area contributed by atoms with Gasteiger partial charge >= 0.3 is 5.76 Å². The summed E-state index contributed by atoms with van der Waals surface area (Å²) >= 11 is 0. The fraction of sp³-hybridized carbons (Fsp3) is 0.538. The molecule has 19 heavy (non-hydrogen) atoms. The van der Waals surface area contributed by atoms with Crippen LogP contribution < -0.4 is 5.76 Å². The summed E-state index contributed by atoms with van der Waals surface area (Å²) in [6, 6.07) is 3.47. The van der Waals surface area contributed by atoms with Crippen molar-refractivity contribution in [2.24, 2.45) is 0 Å². The van der Waals surface area contributed by atoms with Gasteiger partial charge in [0, 0.05) is 25.8 Å². The molecule has 0 aliphatic rings. The highest BCUT2D eigenvalue weighted by Crippen LogP contribution is 2.08. The molecule has 6 nitrogen and oxygen atoms in total. The maximum atomic E-state index is 11.8. The number of fused-ring (bicyclic) bond motifs is 1. The molecule has 1 N–H and O–H groups in total. The average molecular weight is 265 g/mol. The average Bonchev–Trinajstić information content (AvgIpc) is 2.72. The quantitative estimate of drug-likeness (QED) is 0.797. The van der Waals surface area contributed by atoms with Crippen LogP contribution in [0.1, 0.15) is 13.3 Å². The predicted octanol–water partition coefficient (Wildman–Crippen LogP) is 0.694. The lowest BCUT2D eigenvalue weighted by Crippen LogP contribution is -2.32. The number of aromatic nitrogens is 2. The molecule has 2 aromatic rings. The summed E-state index contributed by atoms with van der Waals surface area (Å²) in [6.07, 6.45) is 2.66. The third-order valence-corrected chi connectivity index (χ3v) is 3.02. The monoisotopic (exact) mass is 265 g/mol. The van der Waals surface area contributed by atoms with Gasteiger partial charge in [-0.1, -0.05) is 6.92 Å². The number of nitrogens with zero attached hydrogens (tertiary/aromatic N) is 3. The van der Waals surface area contributed by atoms with E-state index in [1.165, 1.54) is 4.57 Å². The minimum Gasteiger partial charge on any atom is -0.406 e. The Morgan fingerprint density at radius 1 is 1.42 bits per heavy atom. The molecule has 2 aromatic heterocycles. The second-order valence-corrected chi connectivity index (χ2v) is 4.41. The molecule has 0 fully saturated rings. The summed E-state index contributed by atoms with van der Waals surface area (Å²) in [5, 5.41) is 9.01. The lowest BCUT2D eigenvalue weighted by Gasteiger charge is -2.20. The van der Waals surface area contributed by atoms with Crippen molar-refractivity contribution < 1.29 is 9.52 Å². The molecular formula is C13H19N3O3. The molecule has 0 unspecified atom stereocenters. The smallest absolute Gasteiger partial charge is 0.406 e. The minimum atomic E-state index is -0.380. The van der Waals surface area contributed by atoms with Crippen molar-refractivity contribution >= 4 is 11.2 Å². The summed E-state index contributed by atoms with van der Waals surface area (Å²) in [7, 11) is 0. The third-order valence-electron chi connectivity index (χ3n) is 3.02. The Kier molecular flexibility index (Phi) is 4.70. The van der Waals surface area contributed by atoms with Crippen LogP contribution in [0.3, 0.4) is 0 Å². The van der Waals surface area contributed by atoms with Crippen molar-refractivity contribution in [1.29, 1.82) is 0 Å². The van der Waals surface area contributed by atoms with Crippen LogP contribution in [0.15, 0.2) is 27.5 Å². The van der Waals surface area contributed by atoms with Crippen LogP contribution in [0, 0.1) is 0 Å². The van der Waals surface area contributed by atoms with Crippen molar-refractivity contribution in [2.45, 2.75) is 19.9 Å². The van der Waals surface area contributed by atoms with Gasteiger partial charge in [0.1, 0.15) is 0 Å². The first-order valence-corrected chi connectivity index (χ1v) is 6.53. The van der Waals surface area contributed by atoms with Crippen LogP contribution in [0.4, 0.5) is 0 Å². The van der Waals surface area contributed by atoms with Crippen molar-refractivity contribution in [1.82, 2.24) is 14.5 Å². The Bertz CT molecular complexity index is 570. The van der Waals surface area contributed by atoms with Crippen molar-refractivity contribution in [3.63, 3.8) is 0 Å². The molecule has 0 saturated carbocycles. The van der Waals surface area contributed by atoms with Gasteiger partial charge in [-0.25, -0.2) is 9.78 Å². The SMILES string of the molecule is CCCN(CCO)CCn1c(=O)oc2cccnc21. The zero-order valence-corrected chi connectivity index (χ0v) is 11.1. The van der Waals surface area contributed by atoms with E-state index in [1.54, 1.807) is 18.3 Å². The number of oxazole rings is 1. The number of rotatable bonds is 7. The number of pyridine rings is 1. The zero-order chi connectivity index (χ0) is 13.7. The summed E-state index contributed by atoms with van der Waals surface area (Å²) < 4.78 is 6.67. The Morgan fingerprint density at radius 2 is 2.26 bits per heavy atom. The summed E-state index contributed by atoms with van der Waals surface area (Å²) in [6.45, 7) is 4.94. The third kappa shape index (κ3) is 3.21. The molecule has 0 saturated heterocycles. The Hall–Kier alpha value is -1.66. The molecule has 0 atom stereocenters. The molecule has 6 heteroatoms. The van der Waals surface area contributed by atoms with E-state index in [0.29, 0.717) is 30.9 Å². The molecule has 0 aromatic carbocycles. The van der Waals surface area contributed by atoms with Gasteiger partial charge in [-0.3, -0.25) is 9.47 Å². The summed E-state index contributed by atoms with van der Waals surface area (Å²) in [5.74, 6) is -0.380. The molecule has 0 aliphatic heterocycles. The van der Waals surface area contributed by atoms with Crippen LogP contribution in [-0.2, 0) is 6.54 Å². The molecule has 0 aliphatic carbocycles. The molecule has 2 rings (SSSR count). The Labute approximate surface area is 111 Å². The molecule has 104 valence electrons. The maximum Gasteiger partial charge on any atom is 0.421 e. The topological polar surface area (TPSA) is 71.5 Å². The van der Waals surface area contributed by atoms with E-state index in [-0.39, 0.29) is 12.4 Å². The predicted molar refractivity (Wildman–Crippen MR) is 72.1 cm³/mol. The minimum absolute atomic E-state index is 0.124. The van der Waals surface area contributed by atoms with Gasteiger partial charge in [-0.05, 0) is 25.1 Å². The maximum absolute atomic E-state index is 11.8. The highest BCUT2D eigenvalue weighted by molar-refractivity contribution is 5.67. The van der Waals surface area contributed by atoms with E-state index >= 15 is 0 Å². The zero-order valence-electron chi connectivity index (χ0n) is 11.1. The van der Waals surface area contributed by atoms with Crippen LogP contribution in [0.25, 0.3) is 11.2 Å². The van der Waals surface area contributed by atoms with Crippen LogP contribution in [0.2, 0.25) is 0 Å². The number of hydrogen-bond acceptors (Lipinski definition) is 5. The number of hydrogen-bond donors (Lipinski definition) is 1. The normalized spacial score (nSPS) is 11.5. The second-order valence-electron chi connectivity index (χ2n) is 4.41. The standard InChI is InChI=1S/C13H19N3O3/c1-2-6-15(9-10-17)7-8-16-12-11(19-13(16)18)4-3-5-14-12/h3-5,17H,2,6-10H2,1H3. The van der Waals surface area contributed by atoms with Crippen LogP contribution in [-0.4, -0.2) is 45.8 Å². The first kappa shape index (κ1) is 13.8. The molecule has 0 bridgehead atoms. The number of aliphatic hydroxyl groups excluding tert-OH is 1. The lowest BCUT2D eigenvalue weighted by molar-refractivity contribution is 0.190. The van der Waals surface area contributed by atoms with E-state index in [0.717, 1.165) is 13.0 Å². The Balaban J connectivity index is 2.12. The molecule has 0 spiro atoms. The van der Waals surface area contributed by atoms with Gasteiger partial charge in [-0.2, -0.15) is 0 Å². The van der Waals surface area contributed by atoms with E-state index in [1.807, 2.05) is 0 Å². The summed E-state index contributed by atoms with van der Waals surface area (Å²) in [4.78, 5) is 18.0. The number of aliphatic hydroxyl groups is 1. The molecule has 0 amide bonds. The van der Waals surface area contributed by atoms with Gasteiger partial charge in [0.15, 0.2) is 11.2 Å². The van der Waals surface area contributed by atoms with Crippen molar-refractivity contribution in [3.8, 4) is 0 Å². The molecular weight excluding hydrogens is 246 g/mol. The second kappa shape index (κ2) is 6.49. The van der Waals surface area contributed by atoms with Gasteiger partial charge in [0.25, 0.3) is 0 Å². The van der Waals surface area contributed by atoms with E-state index in [9.17, 15) is 4.79 Å². The van der Waals surface area contributed by atoms with Crippen molar-refractivity contribution in [3.05, 3.63) is 28.9 Å². The van der Waals surface area contributed by atoms with Gasteiger partial charge in [0.2, 0.25) is 0 Å². The van der Waals surface area contributed by atoms with E-state index in [2.05, 4.69) is 16.8 Å². The lowest BCUT2D eigenvalue weighted by atomic mass is 10.4. The van der Waals surface area contributed by atoms with Gasteiger partial charge in [0.05, 0.1) is 6.61 Å². The van der Waals surface area contributed by atoms with Crippen LogP contribution in [0.5, 0.6) is 0 Å². The van der Waals surface area contributed by atoms with Gasteiger partial charge < -0.3 is 9.52 Å². The van der Waals surface area contributed by atoms with E-state index in [4.69, 9.17) is 9.52 Å². The first-order valence-electron chi connectivity index (χ1n) is 6.53.